The van der Waals surface area contributed by atoms with Crippen LogP contribution in [-0.4, -0.2) is 47.7 Å². The minimum atomic E-state index is -3.36. The minimum Gasteiger partial charge on any atom is -0.381 e. The van der Waals surface area contributed by atoms with Crippen LogP contribution in [0.1, 0.15) is 44.9 Å². The van der Waals surface area contributed by atoms with Gasteiger partial charge in [0.05, 0.1) is 22.5 Å². The van der Waals surface area contributed by atoms with E-state index in [-0.39, 0.29) is 12.6 Å². The van der Waals surface area contributed by atoms with Crippen molar-refractivity contribution in [2.75, 3.05) is 18.5 Å². The number of sulfonamides is 1. The molecule has 0 radical (unpaired) electrons. The molecule has 0 bridgehead atoms. The first kappa shape index (κ1) is 20.0. The molecule has 0 amide bonds. The Labute approximate surface area is 160 Å². The number of nitrogens with zero attached hydrogens (tertiary/aromatic N) is 3. The lowest BCUT2D eigenvalue weighted by atomic mass is 10.1. The first-order valence-corrected chi connectivity index (χ1v) is 11.1. The van der Waals surface area contributed by atoms with Gasteiger partial charge in [0.15, 0.2) is 5.65 Å². The number of ether oxygens (including phenoxy) is 1. The van der Waals surface area contributed by atoms with Crippen LogP contribution in [0, 0.1) is 6.92 Å². The van der Waals surface area contributed by atoms with Crippen LogP contribution < -0.4 is 10.0 Å². The van der Waals surface area contributed by atoms with Crippen LogP contribution in [0.15, 0.2) is 6.20 Å². The fraction of sp³-hybridized carbons (Fsp3) is 0.667. The predicted octanol–water partition coefficient (Wildman–Crippen LogP) is 2.18. The lowest BCUT2D eigenvalue weighted by Gasteiger charge is -2.26. The zero-order chi connectivity index (χ0) is 19.6. The average molecular weight is 396 g/mol. The number of hydrogen-bond donors (Lipinski definition) is 2. The van der Waals surface area contributed by atoms with E-state index in [1.807, 2.05) is 24.7 Å². The van der Waals surface area contributed by atoms with Gasteiger partial charge in [-0.3, -0.25) is 0 Å². The standard InChI is InChI=1S/C18H29N5O3S/c1-5-23-18-16(10-19-23)17(22-14-6-8-26-9-7-14)15(13(4)21-18)11-20-27(24,25)12(2)3/h10,12,14,20H,5-9,11H2,1-4H3,(H,21,22). The van der Waals surface area contributed by atoms with Gasteiger partial charge in [0.25, 0.3) is 0 Å². The van der Waals surface area contributed by atoms with Gasteiger partial charge >= 0.3 is 0 Å². The molecular weight excluding hydrogens is 366 g/mol. The number of aromatic nitrogens is 3. The molecule has 9 heteroatoms. The molecule has 0 aliphatic carbocycles. The summed E-state index contributed by atoms with van der Waals surface area (Å²) in [6.45, 7) is 9.68. The lowest BCUT2D eigenvalue weighted by molar-refractivity contribution is 0.0904. The first-order chi connectivity index (χ1) is 12.8. The summed E-state index contributed by atoms with van der Waals surface area (Å²) in [5, 5.41) is 8.51. The molecule has 27 heavy (non-hydrogen) atoms. The van der Waals surface area contributed by atoms with Gasteiger partial charge in [0, 0.05) is 43.6 Å². The highest BCUT2D eigenvalue weighted by molar-refractivity contribution is 7.90. The van der Waals surface area contributed by atoms with Crippen LogP contribution in [0.5, 0.6) is 0 Å². The molecule has 150 valence electrons. The summed E-state index contributed by atoms with van der Waals surface area (Å²) in [7, 11) is -3.36. The normalized spacial score (nSPS) is 16.3. The van der Waals surface area contributed by atoms with Crippen LogP contribution >= 0.6 is 0 Å². The summed E-state index contributed by atoms with van der Waals surface area (Å²) in [5.74, 6) is 0. The maximum atomic E-state index is 12.2. The van der Waals surface area contributed by atoms with Gasteiger partial charge in [-0.05, 0) is 40.5 Å². The summed E-state index contributed by atoms with van der Waals surface area (Å²) in [4.78, 5) is 4.71. The van der Waals surface area contributed by atoms with Gasteiger partial charge in [-0.25, -0.2) is 22.8 Å². The van der Waals surface area contributed by atoms with Crippen molar-refractivity contribution in [2.24, 2.45) is 0 Å². The summed E-state index contributed by atoms with van der Waals surface area (Å²) >= 11 is 0. The van der Waals surface area contributed by atoms with E-state index in [0.29, 0.717) is 0 Å². The van der Waals surface area contributed by atoms with Gasteiger partial charge in [-0.1, -0.05) is 0 Å². The Kier molecular flexibility index (Phi) is 6.02. The van der Waals surface area contributed by atoms with Gasteiger partial charge in [0.2, 0.25) is 10.0 Å². The Hall–Kier alpha value is -1.71. The summed E-state index contributed by atoms with van der Waals surface area (Å²) < 4.78 is 34.5. The average Bonchev–Trinajstić information content (AvgIpc) is 3.04. The van der Waals surface area contributed by atoms with Gasteiger partial charge in [-0.15, -0.1) is 0 Å². The molecule has 2 aromatic heterocycles. The van der Waals surface area contributed by atoms with Crippen molar-refractivity contribution in [3.05, 3.63) is 17.5 Å². The van der Waals surface area contributed by atoms with E-state index in [4.69, 9.17) is 9.72 Å². The van der Waals surface area contributed by atoms with E-state index in [1.165, 1.54) is 0 Å². The molecule has 0 unspecified atom stereocenters. The molecule has 0 atom stereocenters. The third-order valence-electron chi connectivity index (χ3n) is 5.03. The van der Waals surface area contributed by atoms with E-state index < -0.39 is 15.3 Å². The summed E-state index contributed by atoms with van der Waals surface area (Å²) in [6, 6.07) is 0.286. The Morgan fingerprint density at radius 1 is 1.33 bits per heavy atom. The quantitative estimate of drug-likeness (QED) is 0.746. The van der Waals surface area contributed by atoms with Crippen LogP contribution in [0.3, 0.4) is 0 Å². The second-order valence-electron chi connectivity index (χ2n) is 7.19. The predicted molar refractivity (Wildman–Crippen MR) is 106 cm³/mol. The minimum absolute atomic E-state index is 0.206. The highest BCUT2D eigenvalue weighted by atomic mass is 32.2. The van der Waals surface area contributed by atoms with E-state index in [0.717, 1.165) is 60.6 Å². The van der Waals surface area contributed by atoms with E-state index in [1.54, 1.807) is 13.8 Å². The fourth-order valence-corrected chi connectivity index (χ4v) is 3.92. The van der Waals surface area contributed by atoms with Crippen LogP contribution in [0.4, 0.5) is 5.69 Å². The lowest BCUT2D eigenvalue weighted by Crippen LogP contribution is -2.32. The molecule has 3 heterocycles. The second kappa shape index (κ2) is 8.12. The fourth-order valence-electron chi connectivity index (χ4n) is 3.24. The molecule has 0 spiro atoms. The largest absolute Gasteiger partial charge is 0.381 e. The summed E-state index contributed by atoms with van der Waals surface area (Å²) in [5.41, 5.74) is 3.42. The maximum absolute atomic E-state index is 12.2. The van der Waals surface area contributed by atoms with Crippen molar-refractivity contribution in [2.45, 2.75) is 64.9 Å². The molecule has 1 aliphatic rings. The van der Waals surface area contributed by atoms with Gasteiger partial charge < -0.3 is 10.1 Å². The number of rotatable bonds is 7. The molecule has 0 aromatic carbocycles. The maximum Gasteiger partial charge on any atom is 0.214 e. The highest BCUT2D eigenvalue weighted by Crippen LogP contribution is 2.30. The SMILES string of the molecule is CCn1ncc2c(NC3CCOCC3)c(CNS(=O)(=O)C(C)C)c(C)nc21. The smallest absolute Gasteiger partial charge is 0.214 e. The zero-order valence-electron chi connectivity index (χ0n) is 16.4. The molecule has 3 rings (SSSR count). The topological polar surface area (TPSA) is 98.1 Å². The Morgan fingerprint density at radius 3 is 2.67 bits per heavy atom. The zero-order valence-corrected chi connectivity index (χ0v) is 17.3. The molecule has 1 fully saturated rings. The number of anilines is 1. The Morgan fingerprint density at radius 2 is 2.04 bits per heavy atom. The van der Waals surface area contributed by atoms with Crippen molar-refractivity contribution >= 4 is 26.7 Å². The highest BCUT2D eigenvalue weighted by Gasteiger charge is 2.22. The van der Waals surface area contributed by atoms with Gasteiger partial charge in [0.1, 0.15) is 0 Å². The molecule has 2 aromatic rings. The second-order valence-corrected chi connectivity index (χ2v) is 9.52. The number of nitrogens with one attached hydrogen (secondary N) is 2. The number of fused-ring (bicyclic) bond motifs is 1. The van der Waals surface area contributed by atoms with Crippen molar-refractivity contribution in [3.63, 3.8) is 0 Å². The first-order valence-electron chi connectivity index (χ1n) is 9.51. The van der Waals surface area contributed by atoms with Gasteiger partial charge in [-0.2, -0.15) is 5.10 Å². The van der Waals surface area contributed by atoms with Crippen molar-refractivity contribution in [3.8, 4) is 0 Å². The van der Waals surface area contributed by atoms with Crippen LogP contribution in [0.25, 0.3) is 11.0 Å². The van der Waals surface area contributed by atoms with E-state index >= 15 is 0 Å². The number of pyridine rings is 1. The van der Waals surface area contributed by atoms with E-state index in [9.17, 15) is 8.42 Å². The van der Waals surface area contributed by atoms with E-state index in [2.05, 4.69) is 15.1 Å². The Bertz CT molecular complexity index is 901. The monoisotopic (exact) mass is 395 g/mol. The molecule has 1 aliphatic heterocycles. The van der Waals surface area contributed by atoms with Crippen molar-refractivity contribution in [1.82, 2.24) is 19.5 Å². The van der Waals surface area contributed by atoms with Crippen LogP contribution in [0.2, 0.25) is 0 Å². The molecule has 0 saturated carbocycles. The number of hydrogen-bond acceptors (Lipinski definition) is 6. The molecule has 2 N–H and O–H groups in total. The summed E-state index contributed by atoms with van der Waals surface area (Å²) in [6.07, 6.45) is 3.65. The third-order valence-corrected chi connectivity index (χ3v) is 6.82. The third kappa shape index (κ3) is 4.25. The molecule has 1 saturated heterocycles. The van der Waals surface area contributed by atoms with Crippen LogP contribution in [-0.2, 0) is 27.8 Å². The molecule has 8 nitrogen and oxygen atoms in total. The Balaban J connectivity index is 2.01. The molecular formula is C18H29N5O3S. The van der Waals surface area contributed by atoms with Crippen molar-refractivity contribution in [1.29, 1.82) is 0 Å². The van der Waals surface area contributed by atoms with Crippen molar-refractivity contribution < 1.29 is 13.2 Å². The number of aryl methyl sites for hydroxylation is 2.